The first kappa shape index (κ1) is 54.7. The Morgan fingerprint density at radius 2 is 0.895 bits per heavy atom. The molecule has 1 fully saturated rings. The topological polar surface area (TPSA) is 35.5 Å². The van der Waals surface area contributed by atoms with Crippen molar-refractivity contribution in [3.05, 3.63) is 0 Å². The maximum Gasteiger partial charge on any atom is 0.305 e. The Morgan fingerprint density at radius 3 is 1.28 bits per heavy atom. The van der Waals surface area contributed by atoms with Gasteiger partial charge in [-0.25, -0.2) is 0 Å². The predicted molar refractivity (Wildman–Crippen MR) is 256 cm³/mol. The molecular weight excluding hydrogens is 713 g/mol. The van der Waals surface area contributed by atoms with E-state index in [-0.39, 0.29) is 11.0 Å². The van der Waals surface area contributed by atoms with E-state index in [1.807, 2.05) is 6.92 Å². The molecule has 0 spiro atoms. The third-order valence-corrected chi connectivity index (χ3v) is 18.7. The highest BCUT2D eigenvalue weighted by Crippen LogP contribution is 2.43. The van der Waals surface area contributed by atoms with Crippen molar-refractivity contribution in [3.8, 4) is 0 Å². The quantitative estimate of drug-likeness (QED) is 0.0349. The summed E-state index contributed by atoms with van der Waals surface area (Å²) >= 11 is 0. The number of hydrogen-bond donors (Lipinski definition) is 0. The van der Waals surface area contributed by atoms with Gasteiger partial charge in [0.05, 0.1) is 6.61 Å². The highest BCUT2D eigenvalue weighted by molar-refractivity contribution is 6.74. The lowest BCUT2D eigenvalue weighted by Crippen LogP contribution is -2.45. The summed E-state index contributed by atoms with van der Waals surface area (Å²) in [6.45, 7) is 19.7. The van der Waals surface area contributed by atoms with Gasteiger partial charge in [-0.1, -0.05) is 253 Å². The SMILES string of the molecule is CCCCCCCCCCCCCCCCCC[C@H](C)[C@H](CCCCCCCCCCCCCCCCCCC1CC1COC(=O)CCC)O[Si](C)(C)C(C)(C)C. The molecule has 4 atom stereocenters. The second-order valence-corrected chi connectivity index (χ2v) is 25.7. The molecule has 0 N–H and O–H groups in total. The van der Waals surface area contributed by atoms with E-state index in [4.69, 9.17) is 9.16 Å². The third-order valence-electron chi connectivity index (χ3n) is 14.2. The molecule has 0 aliphatic heterocycles. The Labute approximate surface area is 361 Å². The van der Waals surface area contributed by atoms with Crippen molar-refractivity contribution in [2.75, 3.05) is 6.61 Å². The van der Waals surface area contributed by atoms with Gasteiger partial charge < -0.3 is 9.16 Å². The molecule has 1 aliphatic carbocycles. The number of carbonyl (C=O) groups excluding carboxylic acids is 1. The van der Waals surface area contributed by atoms with E-state index in [0.717, 1.165) is 12.3 Å². The number of unbranched alkanes of at least 4 members (excludes halogenated alkanes) is 30. The molecule has 1 aliphatic rings. The maximum absolute atomic E-state index is 11.5. The van der Waals surface area contributed by atoms with Crippen molar-refractivity contribution >= 4 is 14.3 Å². The average molecular weight is 820 g/mol. The highest BCUT2D eigenvalue weighted by Gasteiger charge is 2.40. The summed E-state index contributed by atoms with van der Waals surface area (Å²) in [7, 11) is -1.76. The molecule has 0 aromatic carbocycles. The molecule has 0 bridgehead atoms. The van der Waals surface area contributed by atoms with Gasteiger partial charge in [0, 0.05) is 12.5 Å². The first-order valence-electron chi connectivity index (χ1n) is 26.3. The Balaban J connectivity index is 2.01. The number of carbonyl (C=O) groups is 1. The van der Waals surface area contributed by atoms with Gasteiger partial charge >= 0.3 is 5.97 Å². The van der Waals surface area contributed by atoms with Crippen molar-refractivity contribution in [1.29, 1.82) is 0 Å². The van der Waals surface area contributed by atoms with Crippen LogP contribution in [0.15, 0.2) is 0 Å². The van der Waals surface area contributed by atoms with Crippen LogP contribution >= 0.6 is 0 Å². The minimum Gasteiger partial charge on any atom is -0.465 e. The van der Waals surface area contributed by atoms with E-state index in [1.165, 1.54) is 231 Å². The first-order chi connectivity index (χ1) is 27.5. The maximum atomic E-state index is 11.5. The fourth-order valence-electron chi connectivity index (χ4n) is 8.79. The van der Waals surface area contributed by atoms with Gasteiger partial charge in [0.15, 0.2) is 8.32 Å². The van der Waals surface area contributed by atoms with Gasteiger partial charge in [-0.15, -0.1) is 0 Å². The molecule has 2 unspecified atom stereocenters. The smallest absolute Gasteiger partial charge is 0.305 e. The lowest BCUT2D eigenvalue weighted by Gasteiger charge is -2.41. The fraction of sp³-hybridized carbons (Fsp3) is 0.981. The van der Waals surface area contributed by atoms with Crippen LogP contribution in [0.3, 0.4) is 0 Å². The molecule has 0 aromatic rings. The summed E-state index contributed by atoms with van der Waals surface area (Å²) in [5.41, 5.74) is 0. The number of hydrogen-bond acceptors (Lipinski definition) is 3. The molecule has 0 radical (unpaired) electrons. The van der Waals surface area contributed by atoms with Crippen molar-refractivity contribution in [1.82, 2.24) is 0 Å². The summed E-state index contributed by atoms with van der Waals surface area (Å²) in [5.74, 6) is 2.18. The molecule has 0 heterocycles. The van der Waals surface area contributed by atoms with Crippen LogP contribution in [0.1, 0.15) is 286 Å². The molecule has 4 heteroatoms. The van der Waals surface area contributed by atoms with Crippen LogP contribution in [-0.2, 0) is 14.0 Å². The standard InChI is InChI=1S/C53H106O3Si/c1-9-11-12-13-14-15-16-17-18-21-24-27-30-33-36-39-43-48(3)51(56-57(7,8)53(4,5)6)45-41-38-35-32-29-26-23-20-19-22-25-28-31-34-37-40-44-49-46-50(49)47-55-52(54)42-10-2/h48-51H,9-47H2,1-8H3/t48-,49?,50?,51-/m0/s1. The van der Waals surface area contributed by atoms with Crippen molar-refractivity contribution in [3.63, 3.8) is 0 Å². The van der Waals surface area contributed by atoms with Crippen LogP contribution in [0.4, 0.5) is 0 Å². The Morgan fingerprint density at radius 1 is 0.526 bits per heavy atom. The second-order valence-electron chi connectivity index (χ2n) is 20.9. The van der Waals surface area contributed by atoms with Gasteiger partial charge in [0.1, 0.15) is 0 Å². The van der Waals surface area contributed by atoms with Gasteiger partial charge in [0.2, 0.25) is 0 Å². The van der Waals surface area contributed by atoms with Gasteiger partial charge in [-0.05, 0) is 61.6 Å². The molecule has 57 heavy (non-hydrogen) atoms. The molecule has 0 amide bonds. The zero-order chi connectivity index (χ0) is 41.9. The molecule has 0 saturated heterocycles. The Bertz CT molecular complexity index is 880. The zero-order valence-electron chi connectivity index (χ0n) is 40.6. The van der Waals surface area contributed by atoms with Gasteiger partial charge in [-0.2, -0.15) is 0 Å². The fourth-order valence-corrected chi connectivity index (χ4v) is 10.2. The number of ether oxygens (including phenoxy) is 1. The molecule has 1 rings (SSSR count). The summed E-state index contributed by atoms with van der Waals surface area (Å²) in [6, 6.07) is 0. The Kier molecular flexibility index (Phi) is 34.8. The van der Waals surface area contributed by atoms with Crippen LogP contribution in [0.2, 0.25) is 18.1 Å². The normalized spacial score (nSPS) is 16.9. The van der Waals surface area contributed by atoms with E-state index in [1.54, 1.807) is 0 Å². The van der Waals surface area contributed by atoms with Crippen LogP contribution in [-0.4, -0.2) is 27.0 Å². The average Bonchev–Trinajstić information content (AvgIpc) is 3.93. The van der Waals surface area contributed by atoms with E-state index in [2.05, 4.69) is 47.7 Å². The summed E-state index contributed by atoms with van der Waals surface area (Å²) in [5, 5.41) is 0.287. The van der Waals surface area contributed by atoms with Crippen LogP contribution < -0.4 is 0 Å². The molecule has 340 valence electrons. The first-order valence-corrected chi connectivity index (χ1v) is 29.3. The van der Waals surface area contributed by atoms with E-state index < -0.39 is 8.32 Å². The third kappa shape index (κ3) is 32.1. The predicted octanol–water partition coefficient (Wildman–Crippen LogP) is 18.7. The minimum absolute atomic E-state index is 0.00323. The second kappa shape index (κ2) is 36.3. The van der Waals surface area contributed by atoms with E-state index in [9.17, 15) is 4.79 Å². The van der Waals surface area contributed by atoms with Crippen molar-refractivity contribution in [2.24, 2.45) is 17.8 Å². The summed E-state index contributed by atoms with van der Waals surface area (Å²) in [6.07, 6.45) is 53.0. The van der Waals surface area contributed by atoms with Crippen molar-refractivity contribution in [2.45, 2.75) is 310 Å². The molecule has 3 nitrogen and oxygen atoms in total. The van der Waals surface area contributed by atoms with Crippen LogP contribution in [0.5, 0.6) is 0 Å². The zero-order valence-corrected chi connectivity index (χ0v) is 41.6. The Hall–Kier alpha value is -0.353. The monoisotopic (exact) mass is 819 g/mol. The van der Waals surface area contributed by atoms with Gasteiger partial charge in [-0.3, -0.25) is 4.79 Å². The van der Waals surface area contributed by atoms with Crippen LogP contribution in [0.25, 0.3) is 0 Å². The highest BCUT2D eigenvalue weighted by atomic mass is 28.4. The van der Waals surface area contributed by atoms with E-state index in [0.29, 0.717) is 31.0 Å². The number of esters is 1. The largest absolute Gasteiger partial charge is 0.465 e. The minimum atomic E-state index is -1.76. The van der Waals surface area contributed by atoms with Gasteiger partial charge in [0.25, 0.3) is 0 Å². The molecular formula is C53H106O3Si. The molecule has 0 aromatic heterocycles. The lowest BCUT2D eigenvalue weighted by molar-refractivity contribution is -0.144. The lowest BCUT2D eigenvalue weighted by atomic mass is 9.93. The van der Waals surface area contributed by atoms with Crippen LogP contribution in [0, 0.1) is 17.8 Å². The summed E-state index contributed by atoms with van der Waals surface area (Å²) in [4.78, 5) is 11.5. The summed E-state index contributed by atoms with van der Waals surface area (Å²) < 4.78 is 12.5. The van der Waals surface area contributed by atoms with Crippen molar-refractivity contribution < 1.29 is 14.0 Å². The number of rotatable bonds is 43. The van der Waals surface area contributed by atoms with E-state index >= 15 is 0 Å². The molecule has 1 saturated carbocycles.